The van der Waals surface area contributed by atoms with Gasteiger partial charge in [-0.1, -0.05) is 42.5 Å². The molecule has 0 radical (unpaired) electrons. The molecular weight excluding hydrogens is 314 g/mol. The molecule has 3 rings (SSSR count). The molecule has 4 N–H and O–H groups in total. The quantitative estimate of drug-likeness (QED) is 0.763. The number of quaternary nitrogens is 1. The van der Waals surface area contributed by atoms with Gasteiger partial charge in [-0.15, -0.1) is 0 Å². The number of piperidine rings is 1. The largest absolute Gasteiger partial charge is 0.369 e. The molecule has 2 aromatic rings. The molecule has 0 spiro atoms. The van der Waals surface area contributed by atoms with Crippen LogP contribution in [-0.2, 0) is 9.59 Å². The number of carbonyl (C=O) groups excluding carboxylic acids is 2. The number of amides is 2. The van der Waals surface area contributed by atoms with Crippen LogP contribution in [-0.4, -0.2) is 31.4 Å². The van der Waals surface area contributed by atoms with Gasteiger partial charge in [0.05, 0.1) is 19.0 Å². The van der Waals surface area contributed by atoms with Crippen molar-refractivity contribution in [3.63, 3.8) is 0 Å². The topological polar surface area (TPSA) is 76.6 Å². The number of benzene rings is 2. The van der Waals surface area contributed by atoms with E-state index in [-0.39, 0.29) is 17.7 Å². The second-order valence-corrected chi connectivity index (χ2v) is 6.61. The van der Waals surface area contributed by atoms with Crippen LogP contribution >= 0.6 is 0 Å². The molecule has 0 saturated carbocycles. The molecule has 0 aromatic heterocycles. The number of hydrogen-bond acceptors (Lipinski definition) is 2. The standard InChI is InChI=1S/C20H23N3O2/c21-20(25)17-7-4-12-23(13-17)14-19(24)22-18-10-8-16(9-11-18)15-5-2-1-3-6-15/h1-3,5-6,8-11,17H,4,7,12-14H2,(H2,21,25)(H,22,24)/p+1/t17-/m0/s1. The van der Waals surface area contributed by atoms with Crippen molar-refractivity contribution in [1.29, 1.82) is 0 Å². The number of nitrogens with two attached hydrogens (primary N) is 1. The van der Waals surface area contributed by atoms with Gasteiger partial charge in [0, 0.05) is 5.69 Å². The molecular formula is C20H24N3O2+. The first-order chi connectivity index (χ1) is 12.1. The molecule has 1 aliphatic heterocycles. The van der Waals surface area contributed by atoms with Crippen LogP contribution in [0.3, 0.4) is 0 Å². The molecule has 5 heteroatoms. The molecule has 1 fully saturated rings. The van der Waals surface area contributed by atoms with Crippen molar-refractivity contribution in [3.05, 3.63) is 54.6 Å². The Hall–Kier alpha value is -2.66. The minimum atomic E-state index is -0.255. The van der Waals surface area contributed by atoms with Gasteiger partial charge >= 0.3 is 0 Å². The van der Waals surface area contributed by atoms with Crippen molar-refractivity contribution in [2.24, 2.45) is 11.7 Å². The summed E-state index contributed by atoms with van der Waals surface area (Å²) in [5.74, 6) is -0.400. The van der Waals surface area contributed by atoms with Gasteiger partial charge in [-0.05, 0) is 36.1 Å². The predicted octanol–water partition coefficient (Wildman–Crippen LogP) is 1.07. The molecule has 5 nitrogen and oxygen atoms in total. The highest BCUT2D eigenvalue weighted by molar-refractivity contribution is 5.91. The Balaban J connectivity index is 1.55. The third-order valence-electron chi connectivity index (χ3n) is 4.71. The van der Waals surface area contributed by atoms with Crippen LogP contribution < -0.4 is 16.0 Å². The number of primary amides is 1. The lowest BCUT2D eigenvalue weighted by atomic mass is 9.97. The Morgan fingerprint density at radius 3 is 2.40 bits per heavy atom. The molecule has 0 aliphatic carbocycles. The summed E-state index contributed by atoms with van der Waals surface area (Å²) in [7, 11) is 0. The number of carbonyl (C=O) groups is 2. The number of anilines is 1. The van der Waals surface area contributed by atoms with E-state index in [1.54, 1.807) is 0 Å². The molecule has 1 unspecified atom stereocenters. The maximum absolute atomic E-state index is 12.3. The number of rotatable bonds is 5. The second-order valence-electron chi connectivity index (χ2n) is 6.61. The molecule has 1 saturated heterocycles. The van der Waals surface area contributed by atoms with E-state index in [9.17, 15) is 9.59 Å². The zero-order chi connectivity index (χ0) is 17.6. The van der Waals surface area contributed by atoms with Crippen molar-refractivity contribution in [2.45, 2.75) is 12.8 Å². The Bertz CT molecular complexity index is 728. The molecule has 2 aromatic carbocycles. The van der Waals surface area contributed by atoms with E-state index in [0.29, 0.717) is 13.1 Å². The lowest BCUT2D eigenvalue weighted by Crippen LogP contribution is -3.14. The first-order valence-electron chi connectivity index (χ1n) is 8.70. The predicted molar refractivity (Wildman–Crippen MR) is 98.0 cm³/mol. The highest BCUT2D eigenvalue weighted by Gasteiger charge is 2.28. The highest BCUT2D eigenvalue weighted by atomic mass is 16.2. The normalized spacial score (nSPS) is 20.0. The summed E-state index contributed by atoms with van der Waals surface area (Å²) in [6.45, 7) is 1.92. The van der Waals surface area contributed by atoms with Gasteiger partial charge in [-0.25, -0.2) is 0 Å². The summed E-state index contributed by atoms with van der Waals surface area (Å²) in [6, 6.07) is 18.0. The van der Waals surface area contributed by atoms with Crippen LogP contribution in [0.2, 0.25) is 0 Å². The maximum Gasteiger partial charge on any atom is 0.279 e. The van der Waals surface area contributed by atoms with Gasteiger partial charge in [0.2, 0.25) is 5.91 Å². The van der Waals surface area contributed by atoms with E-state index in [4.69, 9.17) is 5.73 Å². The smallest absolute Gasteiger partial charge is 0.279 e. The fourth-order valence-corrected chi connectivity index (χ4v) is 3.36. The third-order valence-corrected chi connectivity index (χ3v) is 4.71. The van der Waals surface area contributed by atoms with Gasteiger partial charge in [-0.2, -0.15) is 0 Å². The van der Waals surface area contributed by atoms with Gasteiger partial charge in [0.1, 0.15) is 0 Å². The minimum absolute atomic E-state index is 0.0346. The average Bonchev–Trinajstić information content (AvgIpc) is 2.63. The lowest BCUT2D eigenvalue weighted by molar-refractivity contribution is -0.899. The van der Waals surface area contributed by atoms with E-state index < -0.39 is 0 Å². The summed E-state index contributed by atoms with van der Waals surface area (Å²) in [5.41, 5.74) is 8.44. The Morgan fingerprint density at radius 2 is 1.72 bits per heavy atom. The van der Waals surface area contributed by atoms with Gasteiger partial charge < -0.3 is 16.0 Å². The Kier molecular flexibility index (Phi) is 5.46. The van der Waals surface area contributed by atoms with Crippen LogP contribution in [0.25, 0.3) is 11.1 Å². The molecule has 2 atom stereocenters. The highest BCUT2D eigenvalue weighted by Crippen LogP contribution is 2.20. The van der Waals surface area contributed by atoms with Crippen LogP contribution in [0, 0.1) is 5.92 Å². The minimum Gasteiger partial charge on any atom is -0.369 e. The molecule has 25 heavy (non-hydrogen) atoms. The average molecular weight is 338 g/mol. The number of likely N-dealkylation sites (tertiary alicyclic amines) is 1. The maximum atomic E-state index is 12.3. The molecule has 130 valence electrons. The van der Waals surface area contributed by atoms with E-state index >= 15 is 0 Å². The Labute approximate surface area is 147 Å². The molecule has 2 amide bonds. The SMILES string of the molecule is NC(=O)[C@H]1CCC[NH+](CC(=O)Nc2ccc(-c3ccccc3)cc2)C1. The number of nitrogens with one attached hydrogen (secondary N) is 2. The van der Waals surface area contributed by atoms with E-state index in [1.165, 1.54) is 0 Å². The first kappa shape index (κ1) is 17.2. The van der Waals surface area contributed by atoms with Crippen molar-refractivity contribution >= 4 is 17.5 Å². The molecule has 1 aliphatic rings. The van der Waals surface area contributed by atoms with Crippen molar-refractivity contribution < 1.29 is 14.5 Å². The van der Waals surface area contributed by atoms with Gasteiger partial charge in [0.15, 0.2) is 6.54 Å². The zero-order valence-electron chi connectivity index (χ0n) is 14.2. The van der Waals surface area contributed by atoms with Crippen LogP contribution in [0.5, 0.6) is 0 Å². The summed E-state index contributed by atoms with van der Waals surface area (Å²) < 4.78 is 0. The van der Waals surface area contributed by atoms with Crippen LogP contribution in [0.4, 0.5) is 5.69 Å². The van der Waals surface area contributed by atoms with E-state index in [1.807, 2.05) is 42.5 Å². The molecule has 0 bridgehead atoms. The molecule has 1 heterocycles. The first-order valence-corrected chi connectivity index (χ1v) is 8.70. The van der Waals surface area contributed by atoms with Crippen molar-refractivity contribution in [2.75, 3.05) is 25.0 Å². The van der Waals surface area contributed by atoms with Crippen LogP contribution in [0.15, 0.2) is 54.6 Å². The summed E-state index contributed by atoms with van der Waals surface area (Å²) >= 11 is 0. The van der Waals surface area contributed by atoms with Crippen molar-refractivity contribution in [3.8, 4) is 11.1 Å². The number of hydrogen-bond donors (Lipinski definition) is 3. The van der Waals surface area contributed by atoms with Gasteiger partial charge in [0.25, 0.3) is 5.91 Å². The fourth-order valence-electron chi connectivity index (χ4n) is 3.36. The van der Waals surface area contributed by atoms with E-state index in [0.717, 1.165) is 41.1 Å². The summed E-state index contributed by atoms with van der Waals surface area (Å²) in [4.78, 5) is 24.7. The summed E-state index contributed by atoms with van der Waals surface area (Å²) in [6.07, 6.45) is 1.77. The summed E-state index contributed by atoms with van der Waals surface area (Å²) in [5, 5.41) is 2.94. The van der Waals surface area contributed by atoms with Crippen molar-refractivity contribution in [1.82, 2.24) is 0 Å². The van der Waals surface area contributed by atoms with Gasteiger partial charge in [-0.3, -0.25) is 9.59 Å². The fraction of sp³-hybridized carbons (Fsp3) is 0.300. The van der Waals surface area contributed by atoms with Crippen LogP contribution in [0.1, 0.15) is 12.8 Å². The third kappa shape index (κ3) is 4.67. The second kappa shape index (κ2) is 7.94. The Morgan fingerprint density at radius 1 is 1.04 bits per heavy atom. The lowest BCUT2D eigenvalue weighted by Gasteiger charge is -2.27. The van der Waals surface area contributed by atoms with E-state index in [2.05, 4.69) is 17.4 Å². The zero-order valence-corrected chi connectivity index (χ0v) is 14.2. The monoisotopic (exact) mass is 338 g/mol.